The molecule has 0 fully saturated rings. The number of aromatic nitrogens is 8. The summed E-state index contributed by atoms with van der Waals surface area (Å²) in [5, 5.41) is 23.9. The van der Waals surface area contributed by atoms with Crippen LogP contribution in [-0.2, 0) is 38.9 Å². The molecular formula is C16H26N8O6Si2. The van der Waals surface area contributed by atoms with Crippen LogP contribution in [0.15, 0.2) is 24.3 Å². The van der Waals surface area contributed by atoms with Crippen LogP contribution in [0.4, 0.5) is 0 Å². The van der Waals surface area contributed by atoms with E-state index in [0.29, 0.717) is 11.6 Å². The van der Waals surface area contributed by atoms with Gasteiger partial charge in [-0.2, -0.15) is 0 Å². The van der Waals surface area contributed by atoms with E-state index in [1.807, 2.05) is 24.3 Å². The Morgan fingerprint density at radius 2 is 0.906 bits per heavy atom. The van der Waals surface area contributed by atoms with Crippen molar-refractivity contribution in [3.63, 3.8) is 0 Å². The average molecular weight is 483 g/mol. The fourth-order valence-electron chi connectivity index (χ4n) is 3.06. The van der Waals surface area contributed by atoms with Crippen molar-refractivity contribution in [1.29, 1.82) is 0 Å². The summed E-state index contributed by atoms with van der Waals surface area (Å²) in [4.78, 5) is 0. The summed E-state index contributed by atoms with van der Waals surface area (Å²) in [6, 6.07) is 7.50. The zero-order valence-corrected chi connectivity index (χ0v) is 20.8. The van der Waals surface area contributed by atoms with Gasteiger partial charge in [0, 0.05) is 53.8 Å². The van der Waals surface area contributed by atoms with E-state index in [0.717, 1.165) is 11.1 Å². The van der Waals surface area contributed by atoms with E-state index < -0.39 is 17.6 Å². The van der Waals surface area contributed by atoms with Gasteiger partial charge >= 0.3 is 17.6 Å². The molecule has 2 aromatic heterocycles. The summed E-state index contributed by atoms with van der Waals surface area (Å²) in [7, 11) is 3.38. The summed E-state index contributed by atoms with van der Waals surface area (Å²) in [5.41, 5.74) is 1.58. The second kappa shape index (κ2) is 10.4. The summed E-state index contributed by atoms with van der Waals surface area (Å²) < 4.78 is 36.0. The van der Waals surface area contributed by atoms with Crippen LogP contribution in [0.2, 0.25) is 0 Å². The van der Waals surface area contributed by atoms with Gasteiger partial charge in [-0.3, -0.25) is 0 Å². The molecule has 0 aliphatic heterocycles. The molecule has 0 unspecified atom stereocenters. The Hall–Kier alpha value is -2.45. The lowest BCUT2D eigenvalue weighted by Gasteiger charge is -2.24. The maximum atomic E-state index is 5.47. The van der Waals surface area contributed by atoms with Gasteiger partial charge in [-0.25, -0.2) is 9.36 Å². The van der Waals surface area contributed by atoms with Crippen molar-refractivity contribution in [3.8, 4) is 22.8 Å². The number of rotatable bonds is 12. The second-order valence-electron chi connectivity index (χ2n) is 6.49. The topological polar surface area (TPSA) is 143 Å². The van der Waals surface area contributed by atoms with Gasteiger partial charge in [-0.1, -0.05) is 24.3 Å². The summed E-state index contributed by atoms with van der Waals surface area (Å²) in [6.07, 6.45) is 0.521. The highest BCUT2D eigenvalue weighted by Crippen LogP contribution is 2.23. The maximum absolute atomic E-state index is 5.47. The zero-order valence-electron chi connectivity index (χ0n) is 18.8. The minimum absolute atomic E-state index is 0.261. The van der Waals surface area contributed by atoms with Crippen molar-refractivity contribution in [2.24, 2.45) is 0 Å². The molecular weight excluding hydrogens is 456 g/mol. The molecule has 0 N–H and O–H groups in total. The fraction of sp³-hybridized carbons (Fsp3) is 0.500. The van der Waals surface area contributed by atoms with Gasteiger partial charge in [0.25, 0.3) is 0 Å². The molecule has 32 heavy (non-hydrogen) atoms. The molecule has 174 valence electrons. The van der Waals surface area contributed by atoms with Gasteiger partial charge in [0.05, 0.1) is 0 Å². The lowest BCUT2D eigenvalue weighted by molar-refractivity contribution is 0.114. The quantitative estimate of drug-likeness (QED) is 0.316. The van der Waals surface area contributed by atoms with Crippen LogP contribution in [0, 0.1) is 0 Å². The number of hydrogen-bond acceptors (Lipinski definition) is 12. The van der Waals surface area contributed by atoms with Crippen molar-refractivity contribution >= 4 is 17.6 Å². The summed E-state index contributed by atoms with van der Waals surface area (Å²) in [6.45, 7) is 0. The Bertz CT molecular complexity index is 897. The smallest absolute Gasteiger partial charge is 0.376 e. The number of nitrogens with zero attached hydrogens (tertiary/aromatic N) is 8. The van der Waals surface area contributed by atoms with Crippen molar-refractivity contribution in [1.82, 2.24) is 40.4 Å². The Labute approximate surface area is 187 Å². The molecule has 1 aromatic carbocycles. The second-order valence-corrected chi connectivity index (χ2v) is 12.3. The van der Waals surface area contributed by atoms with Gasteiger partial charge < -0.3 is 26.6 Å². The Kier molecular flexibility index (Phi) is 7.90. The molecule has 0 bridgehead atoms. The third-order valence-electron chi connectivity index (χ3n) is 5.02. The standard InChI is InChI=1S/C16H26N8O6Si2/c1-25-31(26-2,27-3)11-23-15(17-19-21-23)13-7-9-14(10-8-13)16-18-20-22-24(16)12-32(28-4,29-5)30-6/h7-10H,11-12H2,1-6H3. The van der Waals surface area contributed by atoms with Crippen molar-refractivity contribution in [2.45, 2.75) is 12.3 Å². The van der Waals surface area contributed by atoms with Crippen LogP contribution in [0.1, 0.15) is 0 Å². The molecule has 0 saturated carbocycles. The lowest BCUT2D eigenvalue weighted by Crippen LogP contribution is -2.48. The Morgan fingerprint density at radius 3 is 1.19 bits per heavy atom. The predicted molar refractivity (Wildman–Crippen MR) is 114 cm³/mol. The van der Waals surface area contributed by atoms with E-state index >= 15 is 0 Å². The number of benzene rings is 1. The van der Waals surface area contributed by atoms with Crippen LogP contribution in [0.5, 0.6) is 0 Å². The molecule has 3 aromatic rings. The molecule has 0 spiro atoms. The normalized spacial score (nSPS) is 12.4. The van der Waals surface area contributed by atoms with E-state index in [9.17, 15) is 0 Å². The third kappa shape index (κ3) is 4.81. The lowest BCUT2D eigenvalue weighted by atomic mass is 10.1. The maximum Gasteiger partial charge on any atom is 0.523 e. The van der Waals surface area contributed by atoms with E-state index in [-0.39, 0.29) is 12.3 Å². The van der Waals surface area contributed by atoms with Crippen molar-refractivity contribution < 1.29 is 26.6 Å². The number of hydrogen-bond donors (Lipinski definition) is 0. The van der Waals surface area contributed by atoms with E-state index in [2.05, 4.69) is 31.1 Å². The fourth-order valence-corrected chi connectivity index (χ4v) is 5.99. The van der Waals surface area contributed by atoms with Crippen LogP contribution in [0.25, 0.3) is 22.8 Å². The first kappa shape index (κ1) is 24.2. The molecule has 0 atom stereocenters. The van der Waals surface area contributed by atoms with Gasteiger partial charge in [0.2, 0.25) is 0 Å². The van der Waals surface area contributed by atoms with Gasteiger partial charge in [-0.05, 0) is 20.9 Å². The SMILES string of the molecule is CO[Si](Cn1nnnc1-c1ccc(-c2nnnn2C[Si](OC)(OC)OC)cc1)(OC)OC. The van der Waals surface area contributed by atoms with E-state index in [1.54, 1.807) is 9.36 Å². The first-order valence-electron chi connectivity index (χ1n) is 9.43. The Balaban J connectivity index is 1.86. The highest BCUT2D eigenvalue weighted by atomic mass is 28.4. The highest BCUT2D eigenvalue weighted by Gasteiger charge is 2.41. The van der Waals surface area contributed by atoms with E-state index in [4.69, 9.17) is 26.6 Å². The molecule has 0 amide bonds. The molecule has 0 aliphatic rings. The predicted octanol–water partition coefficient (Wildman–Crippen LogP) is -0.172. The first-order chi connectivity index (χ1) is 15.5. The van der Waals surface area contributed by atoms with E-state index in [1.165, 1.54) is 42.7 Å². The highest BCUT2D eigenvalue weighted by molar-refractivity contribution is 6.59. The Morgan fingerprint density at radius 1 is 0.594 bits per heavy atom. The van der Waals surface area contributed by atoms with Crippen molar-refractivity contribution in [2.75, 3.05) is 42.7 Å². The monoisotopic (exact) mass is 482 g/mol. The van der Waals surface area contributed by atoms with Gasteiger partial charge in [0.15, 0.2) is 11.6 Å². The molecule has 0 saturated heterocycles. The zero-order chi connectivity index (χ0) is 23.2. The minimum atomic E-state index is -2.92. The molecule has 14 nitrogen and oxygen atoms in total. The molecule has 0 aliphatic carbocycles. The summed E-state index contributed by atoms with van der Waals surface area (Å²) >= 11 is 0. The number of tetrazole rings is 2. The van der Waals surface area contributed by atoms with Crippen LogP contribution in [0.3, 0.4) is 0 Å². The van der Waals surface area contributed by atoms with Crippen LogP contribution < -0.4 is 0 Å². The molecule has 16 heteroatoms. The van der Waals surface area contributed by atoms with Crippen LogP contribution in [-0.4, -0.2) is 101 Å². The molecule has 2 heterocycles. The van der Waals surface area contributed by atoms with Gasteiger partial charge in [-0.15, -0.1) is 10.2 Å². The molecule has 3 rings (SSSR count). The first-order valence-corrected chi connectivity index (χ1v) is 13.3. The molecule has 0 radical (unpaired) electrons. The third-order valence-corrected chi connectivity index (χ3v) is 10.1. The summed E-state index contributed by atoms with van der Waals surface area (Å²) in [5.74, 6) is 1.09. The van der Waals surface area contributed by atoms with Crippen molar-refractivity contribution in [3.05, 3.63) is 24.3 Å². The van der Waals surface area contributed by atoms with Gasteiger partial charge in [0.1, 0.15) is 12.3 Å². The average Bonchev–Trinajstić information content (AvgIpc) is 3.50. The largest absolute Gasteiger partial charge is 0.523 e. The van der Waals surface area contributed by atoms with Crippen LogP contribution >= 0.6 is 0 Å². The minimum Gasteiger partial charge on any atom is -0.376 e.